The minimum Gasteiger partial charge on any atom is -0.432 e. The largest absolute Gasteiger partial charge is 0.432 e. The van der Waals surface area contributed by atoms with Crippen LogP contribution in [0.15, 0.2) is 56.9 Å². The SMILES string of the molecule is C1=C[SH](c2nc3ccccc3o2)C=C1. The van der Waals surface area contributed by atoms with Gasteiger partial charge in [-0.3, -0.25) is 0 Å². The van der Waals surface area contributed by atoms with Gasteiger partial charge in [0, 0.05) is 0 Å². The number of rotatable bonds is 1. The van der Waals surface area contributed by atoms with Crippen LogP contribution in [0, 0.1) is 0 Å². The molecule has 3 rings (SSSR count). The van der Waals surface area contributed by atoms with E-state index in [0.717, 1.165) is 16.3 Å². The Morgan fingerprint density at radius 2 is 1.86 bits per heavy atom. The zero-order valence-corrected chi connectivity index (χ0v) is 8.32. The Bertz CT molecular complexity index is 482. The van der Waals surface area contributed by atoms with Gasteiger partial charge in [0.05, 0.1) is 0 Å². The van der Waals surface area contributed by atoms with E-state index < -0.39 is 10.9 Å². The van der Waals surface area contributed by atoms with E-state index in [-0.39, 0.29) is 0 Å². The Balaban J connectivity index is 2.14. The van der Waals surface area contributed by atoms with Crippen molar-refractivity contribution in [3.63, 3.8) is 0 Å². The predicted octanol–water partition coefficient (Wildman–Crippen LogP) is 3.23. The van der Waals surface area contributed by atoms with Gasteiger partial charge in [0.25, 0.3) is 0 Å². The maximum atomic E-state index is 5.67. The third-order valence-electron chi connectivity index (χ3n) is 2.11. The molecule has 1 aromatic heterocycles. The summed E-state index contributed by atoms with van der Waals surface area (Å²) in [7, 11) is -0.426. The van der Waals surface area contributed by atoms with Gasteiger partial charge in [0.1, 0.15) is 5.52 Å². The molecule has 0 saturated carbocycles. The van der Waals surface area contributed by atoms with Crippen molar-refractivity contribution in [3.8, 4) is 0 Å². The van der Waals surface area contributed by atoms with Crippen molar-refractivity contribution in [1.29, 1.82) is 0 Å². The molecule has 70 valence electrons. The highest BCUT2D eigenvalue weighted by Crippen LogP contribution is 2.42. The molecule has 0 radical (unpaired) electrons. The molecule has 0 aliphatic carbocycles. The number of oxazole rings is 1. The van der Waals surface area contributed by atoms with E-state index in [4.69, 9.17) is 4.42 Å². The maximum absolute atomic E-state index is 5.67. The van der Waals surface area contributed by atoms with Crippen molar-refractivity contribution >= 4 is 22.0 Å². The van der Waals surface area contributed by atoms with Crippen LogP contribution in [-0.2, 0) is 0 Å². The third kappa shape index (κ3) is 1.17. The molecular weight excluding hydrogens is 194 g/mol. The lowest BCUT2D eigenvalue weighted by molar-refractivity contribution is 0.489. The molecule has 3 heteroatoms. The molecule has 0 N–H and O–H groups in total. The molecule has 2 heterocycles. The fraction of sp³-hybridized carbons (Fsp3) is 0. The van der Waals surface area contributed by atoms with E-state index in [0.29, 0.717) is 0 Å². The van der Waals surface area contributed by atoms with Crippen molar-refractivity contribution in [2.24, 2.45) is 0 Å². The first-order valence-corrected chi connectivity index (χ1v) is 5.90. The van der Waals surface area contributed by atoms with Gasteiger partial charge in [0.2, 0.25) is 5.22 Å². The summed E-state index contributed by atoms with van der Waals surface area (Å²) in [5.74, 6) is 0. The first-order valence-electron chi connectivity index (χ1n) is 4.42. The van der Waals surface area contributed by atoms with Crippen molar-refractivity contribution in [3.05, 3.63) is 47.2 Å². The van der Waals surface area contributed by atoms with Gasteiger partial charge >= 0.3 is 0 Å². The van der Waals surface area contributed by atoms with Crippen LogP contribution < -0.4 is 0 Å². The van der Waals surface area contributed by atoms with Crippen LogP contribution in [0.25, 0.3) is 11.1 Å². The second-order valence-electron chi connectivity index (χ2n) is 3.05. The highest BCUT2D eigenvalue weighted by molar-refractivity contribution is 8.22. The quantitative estimate of drug-likeness (QED) is 0.720. The highest BCUT2D eigenvalue weighted by Gasteiger charge is 2.10. The van der Waals surface area contributed by atoms with Crippen LogP contribution in [0.1, 0.15) is 0 Å². The Morgan fingerprint density at radius 3 is 2.64 bits per heavy atom. The Morgan fingerprint density at radius 1 is 1.07 bits per heavy atom. The van der Waals surface area contributed by atoms with E-state index >= 15 is 0 Å². The molecule has 0 fully saturated rings. The number of hydrogen-bond acceptors (Lipinski definition) is 2. The van der Waals surface area contributed by atoms with E-state index in [2.05, 4.69) is 15.8 Å². The summed E-state index contributed by atoms with van der Waals surface area (Å²) in [5.41, 5.74) is 1.82. The minimum absolute atomic E-state index is 0.426. The molecule has 1 aliphatic rings. The normalized spacial score (nSPS) is 17.0. The molecule has 2 nitrogen and oxygen atoms in total. The number of hydrogen-bond donors (Lipinski definition) is 1. The molecule has 0 amide bonds. The fourth-order valence-corrected chi connectivity index (χ4v) is 2.78. The van der Waals surface area contributed by atoms with Crippen LogP contribution in [0.5, 0.6) is 0 Å². The third-order valence-corrected chi connectivity index (χ3v) is 3.73. The molecule has 0 saturated heterocycles. The van der Waals surface area contributed by atoms with E-state index in [9.17, 15) is 0 Å². The first kappa shape index (κ1) is 7.88. The molecule has 14 heavy (non-hydrogen) atoms. The summed E-state index contributed by atoms with van der Waals surface area (Å²) in [5, 5.41) is 5.12. The monoisotopic (exact) mass is 203 g/mol. The summed E-state index contributed by atoms with van der Waals surface area (Å²) in [4.78, 5) is 4.45. The summed E-state index contributed by atoms with van der Waals surface area (Å²) in [6, 6.07) is 7.86. The zero-order valence-electron chi connectivity index (χ0n) is 7.42. The van der Waals surface area contributed by atoms with Crippen LogP contribution >= 0.6 is 10.9 Å². The van der Waals surface area contributed by atoms with Crippen LogP contribution in [0.4, 0.5) is 0 Å². The van der Waals surface area contributed by atoms with Gasteiger partial charge < -0.3 is 4.42 Å². The van der Waals surface area contributed by atoms with Crippen LogP contribution in [0.2, 0.25) is 0 Å². The lowest BCUT2D eigenvalue weighted by Gasteiger charge is -2.01. The van der Waals surface area contributed by atoms with Gasteiger partial charge in [-0.05, 0) is 22.9 Å². The van der Waals surface area contributed by atoms with E-state index in [1.807, 2.05) is 36.4 Å². The average Bonchev–Trinajstić information content (AvgIpc) is 2.86. The van der Waals surface area contributed by atoms with E-state index in [1.165, 1.54) is 0 Å². The molecule has 0 unspecified atom stereocenters. The standard InChI is InChI=1S/C11H9NOS/c1-2-6-10-9(5-1)12-11(13-10)14-7-3-4-8-14/h1-8,14H. The van der Waals surface area contributed by atoms with Crippen molar-refractivity contribution < 1.29 is 4.42 Å². The molecule has 0 bridgehead atoms. The number of fused-ring (bicyclic) bond motifs is 1. The number of thiol groups is 1. The van der Waals surface area contributed by atoms with Crippen LogP contribution in [-0.4, -0.2) is 4.98 Å². The summed E-state index contributed by atoms with van der Waals surface area (Å²) in [6.07, 6.45) is 4.08. The maximum Gasteiger partial charge on any atom is 0.243 e. The zero-order chi connectivity index (χ0) is 9.38. The summed E-state index contributed by atoms with van der Waals surface area (Å²) < 4.78 is 5.67. The van der Waals surface area contributed by atoms with Crippen LogP contribution in [0.3, 0.4) is 0 Å². The number of benzene rings is 1. The average molecular weight is 203 g/mol. The van der Waals surface area contributed by atoms with Gasteiger partial charge in [0.15, 0.2) is 5.58 Å². The Hall–Kier alpha value is -1.48. The van der Waals surface area contributed by atoms with E-state index in [1.54, 1.807) is 0 Å². The molecule has 1 aliphatic heterocycles. The van der Waals surface area contributed by atoms with Crippen molar-refractivity contribution in [2.75, 3.05) is 0 Å². The second-order valence-corrected chi connectivity index (χ2v) is 4.85. The van der Waals surface area contributed by atoms with Crippen molar-refractivity contribution in [1.82, 2.24) is 4.98 Å². The van der Waals surface area contributed by atoms with Crippen molar-refractivity contribution in [2.45, 2.75) is 5.22 Å². The number of allylic oxidation sites excluding steroid dienone is 2. The Labute approximate surface area is 84.3 Å². The molecule has 0 spiro atoms. The van der Waals surface area contributed by atoms with Gasteiger partial charge in [-0.1, -0.05) is 24.3 Å². The number of para-hydroxylation sites is 2. The molecular formula is C11H9NOS. The minimum atomic E-state index is -0.426. The number of nitrogens with zero attached hydrogens (tertiary/aromatic N) is 1. The Kier molecular flexibility index (Phi) is 1.70. The first-order chi connectivity index (χ1) is 6.93. The smallest absolute Gasteiger partial charge is 0.243 e. The fourth-order valence-electron chi connectivity index (χ4n) is 1.43. The lowest BCUT2D eigenvalue weighted by Crippen LogP contribution is -1.71. The summed E-state index contributed by atoms with van der Waals surface area (Å²) >= 11 is 0. The molecule has 0 atom stereocenters. The second kappa shape index (κ2) is 3.03. The summed E-state index contributed by atoms with van der Waals surface area (Å²) in [6.45, 7) is 0. The number of aromatic nitrogens is 1. The molecule has 1 aromatic carbocycles. The lowest BCUT2D eigenvalue weighted by atomic mass is 10.3. The molecule has 2 aromatic rings. The van der Waals surface area contributed by atoms with Gasteiger partial charge in [-0.15, -0.1) is 10.9 Å². The topological polar surface area (TPSA) is 26.0 Å². The predicted molar refractivity (Wildman–Crippen MR) is 59.5 cm³/mol. The van der Waals surface area contributed by atoms with Gasteiger partial charge in [-0.2, -0.15) is 0 Å². The van der Waals surface area contributed by atoms with Gasteiger partial charge in [-0.25, -0.2) is 4.98 Å². The highest BCUT2D eigenvalue weighted by atomic mass is 32.2.